The molecule has 0 unspecified atom stereocenters. The van der Waals surface area contributed by atoms with Crippen LogP contribution >= 0.6 is 22.9 Å². The second kappa shape index (κ2) is 9.12. The van der Waals surface area contributed by atoms with E-state index in [0.29, 0.717) is 0 Å². The smallest absolute Gasteiger partial charge is 0.417 e. The Morgan fingerprint density at radius 1 is 1.16 bits per heavy atom. The summed E-state index contributed by atoms with van der Waals surface area (Å²) in [5, 5.41) is 3.62. The monoisotopic (exact) mass is 491 g/mol. The number of sulfonamides is 1. The van der Waals surface area contributed by atoms with Crippen molar-refractivity contribution >= 4 is 49.7 Å². The topological polar surface area (TPSA) is 97.4 Å². The van der Waals surface area contributed by atoms with E-state index < -0.39 is 39.3 Å². The Morgan fingerprint density at radius 2 is 1.87 bits per heavy atom. The number of hydrogen-bond donors (Lipinski definition) is 2. The molecular weight excluding hydrogens is 479 g/mol. The van der Waals surface area contributed by atoms with Gasteiger partial charge in [0.05, 0.1) is 15.5 Å². The van der Waals surface area contributed by atoms with Gasteiger partial charge in [0.15, 0.2) is 11.7 Å². The molecule has 13 heteroatoms. The summed E-state index contributed by atoms with van der Waals surface area (Å²) < 4.78 is 70.6. The van der Waals surface area contributed by atoms with Gasteiger partial charge in [-0.15, -0.1) is 11.3 Å². The highest BCUT2D eigenvalue weighted by molar-refractivity contribution is 7.93. The van der Waals surface area contributed by atoms with Crippen molar-refractivity contribution in [1.29, 1.82) is 0 Å². The number of carbonyl (C=O) groups is 1. The van der Waals surface area contributed by atoms with Crippen LogP contribution in [0.5, 0.6) is 5.75 Å². The standard InChI is InChI=1S/C18H13ClF3N3O4S2/c19-16-13(18(20,21)22)2-1-3-14(16)29-10-15(26)24-11-4-6-12(7-5-11)31(27,28)25-17-23-8-9-30-17/h1-9H,10H2,(H,23,25)(H,24,26). The molecule has 1 aromatic heterocycles. The Labute approximate surface area is 183 Å². The van der Waals surface area contributed by atoms with Crippen LogP contribution in [0, 0.1) is 0 Å². The fraction of sp³-hybridized carbons (Fsp3) is 0.111. The van der Waals surface area contributed by atoms with Crippen molar-refractivity contribution in [2.75, 3.05) is 16.6 Å². The molecule has 0 radical (unpaired) electrons. The third-order valence-electron chi connectivity index (χ3n) is 3.73. The number of hydrogen-bond acceptors (Lipinski definition) is 6. The molecule has 2 aromatic carbocycles. The molecule has 0 saturated carbocycles. The van der Waals surface area contributed by atoms with Crippen molar-refractivity contribution in [3.05, 3.63) is 64.6 Å². The lowest BCUT2D eigenvalue weighted by molar-refractivity contribution is -0.137. The van der Waals surface area contributed by atoms with E-state index in [1.807, 2.05) is 0 Å². The van der Waals surface area contributed by atoms with E-state index in [1.54, 1.807) is 5.38 Å². The van der Waals surface area contributed by atoms with Crippen LogP contribution in [0.3, 0.4) is 0 Å². The average Bonchev–Trinajstić information content (AvgIpc) is 3.19. The number of thiazole rings is 1. The maximum Gasteiger partial charge on any atom is 0.417 e. The Kier molecular flexibility index (Phi) is 6.72. The minimum atomic E-state index is -4.66. The fourth-order valence-electron chi connectivity index (χ4n) is 2.35. The van der Waals surface area contributed by atoms with Gasteiger partial charge in [0.2, 0.25) is 0 Å². The lowest BCUT2D eigenvalue weighted by Crippen LogP contribution is -2.20. The minimum absolute atomic E-state index is 0.0484. The minimum Gasteiger partial charge on any atom is -0.482 e. The molecule has 3 rings (SSSR count). The highest BCUT2D eigenvalue weighted by atomic mass is 35.5. The van der Waals surface area contributed by atoms with Crippen molar-refractivity contribution in [1.82, 2.24) is 4.98 Å². The molecule has 0 aliphatic carbocycles. The first kappa shape index (κ1) is 22.8. The predicted molar refractivity (Wildman–Crippen MR) is 110 cm³/mol. The SMILES string of the molecule is O=C(COc1cccc(C(F)(F)F)c1Cl)Nc1ccc(S(=O)(=O)Nc2nccs2)cc1. The number of rotatable bonds is 7. The number of anilines is 2. The van der Waals surface area contributed by atoms with Gasteiger partial charge >= 0.3 is 6.18 Å². The lowest BCUT2D eigenvalue weighted by Gasteiger charge is -2.13. The summed E-state index contributed by atoms with van der Waals surface area (Å²) >= 11 is 6.82. The van der Waals surface area contributed by atoms with E-state index in [0.717, 1.165) is 23.5 Å². The van der Waals surface area contributed by atoms with Gasteiger partial charge in [-0.2, -0.15) is 13.2 Å². The van der Waals surface area contributed by atoms with Crippen molar-refractivity contribution in [3.63, 3.8) is 0 Å². The number of carbonyl (C=O) groups excluding carboxylic acids is 1. The highest BCUT2D eigenvalue weighted by Crippen LogP contribution is 2.39. The highest BCUT2D eigenvalue weighted by Gasteiger charge is 2.34. The van der Waals surface area contributed by atoms with Gasteiger partial charge in [0.1, 0.15) is 5.75 Å². The molecule has 1 amide bonds. The summed E-state index contributed by atoms with van der Waals surface area (Å²) in [5.74, 6) is -0.966. The molecule has 31 heavy (non-hydrogen) atoms. The van der Waals surface area contributed by atoms with Crippen molar-refractivity contribution in [3.8, 4) is 5.75 Å². The molecular formula is C18H13ClF3N3O4S2. The molecule has 1 heterocycles. The molecule has 164 valence electrons. The summed E-state index contributed by atoms with van der Waals surface area (Å²) in [6.45, 7) is -0.604. The van der Waals surface area contributed by atoms with Crippen LogP contribution in [0.1, 0.15) is 5.56 Å². The van der Waals surface area contributed by atoms with Gasteiger partial charge in [-0.1, -0.05) is 17.7 Å². The van der Waals surface area contributed by atoms with Crippen LogP contribution in [-0.4, -0.2) is 25.9 Å². The normalized spacial score (nSPS) is 11.7. The van der Waals surface area contributed by atoms with Gasteiger partial charge in [-0.25, -0.2) is 13.4 Å². The van der Waals surface area contributed by atoms with Crippen LogP contribution < -0.4 is 14.8 Å². The summed E-state index contributed by atoms with van der Waals surface area (Å²) in [5.41, 5.74) is -0.813. The van der Waals surface area contributed by atoms with E-state index in [4.69, 9.17) is 16.3 Å². The second-order valence-electron chi connectivity index (χ2n) is 5.92. The number of alkyl halides is 3. The zero-order valence-electron chi connectivity index (χ0n) is 15.3. The first-order valence-electron chi connectivity index (χ1n) is 8.37. The molecule has 2 N–H and O–H groups in total. The number of benzene rings is 2. The zero-order valence-corrected chi connectivity index (χ0v) is 17.7. The predicted octanol–water partition coefficient (Wildman–Crippen LogP) is 4.63. The summed E-state index contributed by atoms with van der Waals surface area (Å²) in [7, 11) is -3.84. The summed E-state index contributed by atoms with van der Waals surface area (Å²) in [4.78, 5) is 15.8. The Hall–Kier alpha value is -2.83. The van der Waals surface area contributed by atoms with Gasteiger partial charge in [0.25, 0.3) is 15.9 Å². The molecule has 0 saturated heterocycles. The van der Waals surface area contributed by atoms with Crippen LogP contribution in [0.15, 0.2) is 58.9 Å². The van der Waals surface area contributed by atoms with Crippen molar-refractivity contribution in [2.45, 2.75) is 11.1 Å². The van der Waals surface area contributed by atoms with Gasteiger partial charge in [0, 0.05) is 17.3 Å². The molecule has 0 aliphatic rings. The van der Waals surface area contributed by atoms with E-state index in [9.17, 15) is 26.4 Å². The van der Waals surface area contributed by atoms with Crippen LogP contribution in [-0.2, 0) is 21.0 Å². The summed E-state index contributed by atoms with van der Waals surface area (Å²) in [6.07, 6.45) is -3.20. The number of halogens is 4. The van der Waals surface area contributed by atoms with Gasteiger partial charge in [-0.05, 0) is 36.4 Å². The third-order valence-corrected chi connectivity index (χ3v) is 6.29. The first-order valence-corrected chi connectivity index (χ1v) is 11.1. The molecule has 3 aromatic rings. The first-order chi connectivity index (χ1) is 14.6. The largest absolute Gasteiger partial charge is 0.482 e. The quantitative estimate of drug-likeness (QED) is 0.502. The zero-order chi connectivity index (χ0) is 22.6. The Morgan fingerprint density at radius 3 is 2.48 bits per heavy atom. The van der Waals surface area contributed by atoms with Crippen LogP contribution in [0.2, 0.25) is 5.02 Å². The van der Waals surface area contributed by atoms with E-state index >= 15 is 0 Å². The molecule has 0 atom stereocenters. The van der Waals surface area contributed by atoms with Gasteiger partial charge in [-0.3, -0.25) is 9.52 Å². The average molecular weight is 492 g/mol. The van der Waals surface area contributed by atoms with Crippen LogP contribution in [0.25, 0.3) is 0 Å². The number of nitrogens with zero attached hydrogens (tertiary/aromatic N) is 1. The van der Waals surface area contributed by atoms with Gasteiger partial charge < -0.3 is 10.1 Å². The van der Waals surface area contributed by atoms with E-state index in [1.165, 1.54) is 36.5 Å². The maximum atomic E-state index is 12.9. The number of ether oxygens (including phenoxy) is 1. The molecule has 0 aliphatic heterocycles. The molecule has 0 fully saturated rings. The molecule has 7 nitrogen and oxygen atoms in total. The van der Waals surface area contributed by atoms with Crippen molar-refractivity contribution in [2.24, 2.45) is 0 Å². The number of nitrogens with one attached hydrogen (secondary N) is 2. The Bertz CT molecular complexity index is 1170. The van der Waals surface area contributed by atoms with E-state index in [-0.39, 0.29) is 21.5 Å². The maximum absolute atomic E-state index is 12.9. The second-order valence-corrected chi connectivity index (χ2v) is 8.87. The molecule has 0 spiro atoms. The number of aromatic nitrogens is 1. The fourth-order valence-corrected chi connectivity index (χ4v) is 4.42. The number of amides is 1. The molecule has 0 bridgehead atoms. The lowest BCUT2D eigenvalue weighted by atomic mass is 10.2. The Balaban J connectivity index is 1.60. The van der Waals surface area contributed by atoms with Crippen molar-refractivity contribution < 1.29 is 31.1 Å². The van der Waals surface area contributed by atoms with Crippen LogP contribution in [0.4, 0.5) is 24.0 Å². The summed E-state index contributed by atoms with van der Waals surface area (Å²) in [6, 6.07) is 8.37. The third kappa shape index (κ3) is 5.87. The van der Waals surface area contributed by atoms with E-state index in [2.05, 4.69) is 15.0 Å².